The average Bonchev–Trinajstić information content (AvgIpc) is 2.77. The summed E-state index contributed by atoms with van der Waals surface area (Å²) in [6.45, 7) is 11.1. The summed E-state index contributed by atoms with van der Waals surface area (Å²) < 4.78 is 5.29. The Morgan fingerprint density at radius 2 is 1.89 bits per heavy atom. The van der Waals surface area contributed by atoms with Gasteiger partial charge in [0.05, 0.1) is 0 Å². The smallest absolute Gasteiger partial charge is 0.266 e. The van der Waals surface area contributed by atoms with E-state index in [-0.39, 0.29) is 5.41 Å². The average molecular weight is 254 g/mol. The van der Waals surface area contributed by atoms with Crippen molar-refractivity contribution >= 4 is 5.95 Å². The van der Waals surface area contributed by atoms with Crippen molar-refractivity contribution in [1.82, 2.24) is 10.1 Å². The summed E-state index contributed by atoms with van der Waals surface area (Å²) in [7, 11) is 0. The Kier molecular flexibility index (Phi) is 5.59. The maximum absolute atomic E-state index is 5.61. The van der Waals surface area contributed by atoms with E-state index in [2.05, 4.69) is 42.7 Å². The summed E-state index contributed by atoms with van der Waals surface area (Å²) in [5.41, 5.74) is 5.84. The number of aryl methyl sites for hydroxylation is 1. The van der Waals surface area contributed by atoms with Gasteiger partial charge in [-0.25, -0.2) is 0 Å². The maximum Gasteiger partial charge on any atom is 0.266 e. The quantitative estimate of drug-likeness (QED) is 0.770. The number of nitrogens with zero attached hydrogens (tertiary/aromatic N) is 3. The predicted molar refractivity (Wildman–Crippen MR) is 73.6 cm³/mol. The summed E-state index contributed by atoms with van der Waals surface area (Å²) in [5.74, 6) is 1.42. The molecule has 0 radical (unpaired) electrons. The van der Waals surface area contributed by atoms with Gasteiger partial charge >= 0.3 is 0 Å². The van der Waals surface area contributed by atoms with E-state index in [1.165, 1.54) is 0 Å². The van der Waals surface area contributed by atoms with Gasteiger partial charge in [-0.05, 0) is 43.8 Å². The van der Waals surface area contributed by atoms with Crippen molar-refractivity contribution in [2.75, 3.05) is 24.5 Å². The Labute approximate surface area is 110 Å². The molecule has 0 aromatic carbocycles. The number of nitrogens with two attached hydrogens (primary N) is 1. The molecule has 0 bridgehead atoms. The third-order valence-corrected chi connectivity index (χ3v) is 3.34. The molecule has 1 rings (SSSR count). The Bertz CT molecular complexity index is 345. The van der Waals surface area contributed by atoms with E-state index in [4.69, 9.17) is 10.3 Å². The Morgan fingerprint density at radius 1 is 1.22 bits per heavy atom. The van der Waals surface area contributed by atoms with Gasteiger partial charge < -0.3 is 15.2 Å². The molecule has 0 aliphatic heterocycles. The van der Waals surface area contributed by atoms with E-state index in [0.29, 0.717) is 5.95 Å². The SMILES string of the molecule is CCN(CC)c1noc(CCC(C)(C)CCN)n1. The first-order chi connectivity index (χ1) is 8.52. The largest absolute Gasteiger partial charge is 0.339 e. The molecule has 0 saturated heterocycles. The van der Waals surface area contributed by atoms with E-state index in [1.54, 1.807) is 0 Å². The second kappa shape index (κ2) is 6.73. The lowest BCUT2D eigenvalue weighted by molar-refractivity contribution is 0.289. The molecule has 104 valence electrons. The van der Waals surface area contributed by atoms with Gasteiger partial charge in [0.25, 0.3) is 5.95 Å². The van der Waals surface area contributed by atoms with Crippen LogP contribution >= 0.6 is 0 Å². The van der Waals surface area contributed by atoms with Gasteiger partial charge in [-0.15, -0.1) is 0 Å². The third kappa shape index (κ3) is 4.29. The Balaban J connectivity index is 2.54. The van der Waals surface area contributed by atoms with Gasteiger partial charge in [0, 0.05) is 19.5 Å². The van der Waals surface area contributed by atoms with E-state index in [0.717, 1.165) is 44.8 Å². The summed E-state index contributed by atoms with van der Waals surface area (Å²) in [5, 5.41) is 4.02. The van der Waals surface area contributed by atoms with Crippen LogP contribution in [-0.2, 0) is 6.42 Å². The van der Waals surface area contributed by atoms with Crippen molar-refractivity contribution in [3.8, 4) is 0 Å². The molecule has 0 spiro atoms. The second-order valence-corrected chi connectivity index (χ2v) is 5.36. The molecule has 0 amide bonds. The first kappa shape index (κ1) is 15.0. The monoisotopic (exact) mass is 254 g/mol. The highest BCUT2D eigenvalue weighted by molar-refractivity contribution is 5.26. The molecule has 0 aliphatic carbocycles. The first-order valence-corrected chi connectivity index (χ1v) is 6.80. The third-order valence-electron chi connectivity index (χ3n) is 3.34. The van der Waals surface area contributed by atoms with Crippen LogP contribution in [0.25, 0.3) is 0 Å². The number of hydrogen-bond donors (Lipinski definition) is 1. The van der Waals surface area contributed by atoms with E-state index < -0.39 is 0 Å². The van der Waals surface area contributed by atoms with Crippen LogP contribution in [0.5, 0.6) is 0 Å². The molecule has 2 N–H and O–H groups in total. The van der Waals surface area contributed by atoms with Crippen molar-refractivity contribution in [3.05, 3.63) is 5.89 Å². The summed E-state index contributed by atoms with van der Waals surface area (Å²) in [6.07, 6.45) is 2.86. The molecule has 18 heavy (non-hydrogen) atoms. The molecule has 0 atom stereocenters. The molecule has 1 aromatic heterocycles. The molecule has 1 heterocycles. The summed E-state index contributed by atoms with van der Waals surface area (Å²) >= 11 is 0. The van der Waals surface area contributed by atoms with Gasteiger partial charge in [-0.2, -0.15) is 4.98 Å². The van der Waals surface area contributed by atoms with Crippen LogP contribution in [0.15, 0.2) is 4.52 Å². The van der Waals surface area contributed by atoms with Crippen LogP contribution in [0.3, 0.4) is 0 Å². The van der Waals surface area contributed by atoms with Gasteiger partial charge in [0.2, 0.25) is 5.89 Å². The van der Waals surface area contributed by atoms with E-state index in [1.807, 2.05) is 0 Å². The van der Waals surface area contributed by atoms with Gasteiger partial charge in [-0.1, -0.05) is 13.8 Å². The maximum atomic E-state index is 5.61. The molecule has 0 saturated carbocycles. The number of rotatable bonds is 8. The minimum atomic E-state index is 0.235. The lowest BCUT2D eigenvalue weighted by Gasteiger charge is -2.22. The van der Waals surface area contributed by atoms with Crippen LogP contribution < -0.4 is 10.6 Å². The van der Waals surface area contributed by atoms with Crippen molar-refractivity contribution < 1.29 is 4.52 Å². The Morgan fingerprint density at radius 3 is 2.44 bits per heavy atom. The molecular formula is C13H26N4O. The minimum Gasteiger partial charge on any atom is -0.339 e. The van der Waals surface area contributed by atoms with Gasteiger partial charge in [0.1, 0.15) is 0 Å². The molecule has 1 aromatic rings. The van der Waals surface area contributed by atoms with Crippen LogP contribution in [-0.4, -0.2) is 29.8 Å². The molecule has 0 aliphatic rings. The fourth-order valence-electron chi connectivity index (χ4n) is 1.94. The predicted octanol–water partition coefficient (Wildman–Crippen LogP) is 2.22. The molecule has 5 heteroatoms. The van der Waals surface area contributed by atoms with Crippen molar-refractivity contribution in [2.45, 2.75) is 47.0 Å². The van der Waals surface area contributed by atoms with Crippen LogP contribution in [0.1, 0.15) is 46.4 Å². The molecular weight excluding hydrogens is 228 g/mol. The lowest BCUT2D eigenvalue weighted by atomic mass is 9.84. The highest BCUT2D eigenvalue weighted by atomic mass is 16.5. The summed E-state index contributed by atoms with van der Waals surface area (Å²) in [6, 6.07) is 0. The lowest BCUT2D eigenvalue weighted by Crippen LogP contribution is -2.23. The van der Waals surface area contributed by atoms with Crippen LogP contribution in [0.4, 0.5) is 5.95 Å². The fraction of sp³-hybridized carbons (Fsp3) is 0.846. The molecule has 0 fully saturated rings. The minimum absolute atomic E-state index is 0.235. The molecule has 5 nitrogen and oxygen atoms in total. The molecule has 0 unspecified atom stereocenters. The highest BCUT2D eigenvalue weighted by Gasteiger charge is 2.19. The summed E-state index contributed by atoms with van der Waals surface area (Å²) in [4.78, 5) is 6.51. The van der Waals surface area contributed by atoms with Crippen molar-refractivity contribution in [3.63, 3.8) is 0 Å². The van der Waals surface area contributed by atoms with Crippen molar-refractivity contribution in [1.29, 1.82) is 0 Å². The number of aromatic nitrogens is 2. The topological polar surface area (TPSA) is 68.2 Å². The van der Waals surface area contributed by atoms with E-state index >= 15 is 0 Å². The van der Waals surface area contributed by atoms with Gasteiger partial charge in [-0.3, -0.25) is 0 Å². The highest BCUT2D eigenvalue weighted by Crippen LogP contribution is 2.26. The standard InChI is InChI=1S/C13H26N4O/c1-5-17(6-2)12-15-11(18-16-12)7-8-13(3,4)9-10-14/h5-10,14H2,1-4H3. The number of hydrogen-bond acceptors (Lipinski definition) is 5. The Hall–Kier alpha value is -1.10. The van der Waals surface area contributed by atoms with Crippen molar-refractivity contribution in [2.24, 2.45) is 11.1 Å². The van der Waals surface area contributed by atoms with Crippen LogP contribution in [0, 0.1) is 5.41 Å². The van der Waals surface area contributed by atoms with Crippen LogP contribution in [0.2, 0.25) is 0 Å². The fourth-order valence-corrected chi connectivity index (χ4v) is 1.94. The first-order valence-electron chi connectivity index (χ1n) is 6.80. The zero-order chi connectivity index (χ0) is 13.6. The zero-order valence-corrected chi connectivity index (χ0v) is 12.1. The van der Waals surface area contributed by atoms with Gasteiger partial charge in [0.15, 0.2) is 0 Å². The second-order valence-electron chi connectivity index (χ2n) is 5.36. The van der Waals surface area contributed by atoms with E-state index in [9.17, 15) is 0 Å². The number of anilines is 1. The normalized spacial score (nSPS) is 11.8. The zero-order valence-electron chi connectivity index (χ0n) is 12.1.